The first-order valence-electron chi connectivity index (χ1n) is 13.8. The molecule has 3 saturated carbocycles. The highest BCUT2D eigenvalue weighted by Crippen LogP contribution is 2.69. The lowest BCUT2D eigenvalue weighted by Crippen LogP contribution is -2.55. The van der Waals surface area contributed by atoms with Gasteiger partial charge in [0, 0.05) is 0 Å². The van der Waals surface area contributed by atoms with Gasteiger partial charge in [-0.1, -0.05) is 66.4 Å². The minimum atomic E-state index is 0.405. The summed E-state index contributed by atoms with van der Waals surface area (Å²) in [5.74, 6) is 6.73. The highest BCUT2D eigenvalue weighted by atomic mass is 16.1. The van der Waals surface area contributed by atoms with Gasteiger partial charge >= 0.3 is 0 Å². The van der Waals surface area contributed by atoms with E-state index in [0.717, 1.165) is 53.4 Å². The Bertz CT molecular complexity index is 703. The average molecular weight is 427 g/mol. The molecule has 3 fully saturated rings. The van der Waals surface area contributed by atoms with E-state index in [2.05, 4.69) is 48.5 Å². The number of fused-ring (bicyclic) bond motifs is 5. The molecule has 0 N–H and O–H groups in total. The van der Waals surface area contributed by atoms with E-state index in [1.807, 2.05) is 0 Å². The van der Waals surface area contributed by atoms with E-state index in [0.29, 0.717) is 16.7 Å². The van der Waals surface area contributed by atoms with Gasteiger partial charge in [0.25, 0.3) is 0 Å². The van der Waals surface area contributed by atoms with Crippen LogP contribution in [0.15, 0.2) is 11.1 Å². The first-order valence-corrected chi connectivity index (χ1v) is 13.8. The van der Waals surface area contributed by atoms with E-state index in [1.54, 1.807) is 0 Å². The van der Waals surface area contributed by atoms with E-state index in [-0.39, 0.29) is 0 Å². The molecule has 1 heteroatoms. The van der Waals surface area contributed by atoms with E-state index in [1.165, 1.54) is 69.6 Å². The highest BCUT2D eigenvalue weighted by Gasteiger charge is 2.61. The Balaban J connectivity index is 1.53. The number of hydrogen-bond donors (Lipinski definition) is 0. The van der Waals surface area contributed by atoms with Crippen molar-refractivity contribution < 1.29 is 4.79 Å². The molecular formula is C30H50O. The molecule has 4 rings (SSSR count). The second-order valence-electron chi connectivity index (χ2n) is 13.3. The predicted molar refractivity (Wildman–Crippen MR) is 132 cm³/mol. The van der Waals surface area contributed by atoms with Crippen LogP contribution in [0, 0.1) is 58.2 Å². The third kappa shape index (κ3) is 3.69. The Kier molecular flexibility index (Phi) is 6.57. The largest absolute Gasteiger partial charge is 0.298 e. The molecule has 31 heavy (non-hydrogen) atoms. The van der Waals surface area contributed by atoms with Crippen molar-refractivity contribution in [3.05, 3.63) is 11.1 Å². The molecule has 4 aliphatic carbocycles. The summed E-state index contributed by atoms with van der Waals surface area (Å²) in [5.41, 5.74) is 3.52. The molecule has 0 aliphatic heterocycles. The molecule has 0 aromatic rings. The van der Waals surface area contributed by atoms with Crippen LogP contribution in [-0.4, -0.2) is 6.29 Å². The molecule has 0 bridgehead atoms. The molecule has 1 nitrogen and oxygen atoms in total. The summed E-state index contributed by atoms with van der Waals surface area (Å²) in [6.07, 6.45) is 15.1. The van der Waals surface area contributed by atoms with Gasteiger partial charge in [0.15, 0.2) is 0 Å². The maximum absolute atomic E-state index is 11.7. The van der Waals surface area contributed by atoms with E-state index < -0.39 is 0 Å². The van der Waals surface area contributed by atoms with Crippen LogP contribution in [0.4, 0.5) is 0 Å². The van der Waals surface area contributed by atoms with Crippen molar-refractivity contribution in [1.82, 2.24) is 0 Å². The van der Waals surface area contributed by atoms with E-state index in [9.17, 15) is 4.79 Å². The zero-order valence-electron chi connectivity index (χ0n) is 21.7. The minimum absolute atomic E-state index is 0.405. The Labute approximate surface area is 193 Å². The standard InChI is InChI=1S/C30H50O/c1-19(2)9-8-10-20(3)26-13-14-27-25-12-11-24-17-23(18-31)21(4)22(5)30(24,7)28(25)15-16-29(26,27)6/h18-20,22,24-28H,8-17H2,1-7H3/t20-,22?,24?,25?,26-,27?,28?,29-,30+/m1/s1. The Hall–Kier alpha value is -0.590. The van der Waals surface area contributed by atoms with Crippen LogP contribution in [0.5, 0.6) is 0 Å². The van der Waals surface area contributed by atoms with Gasteiger partial charge in [-0.15, -0.1) is 0 Å². The topological polar surface area (TPSA) is 17.1 Å². The average Bonchev–Trinajstić information content (AvgIpc) is 3.08. The van der Waals surface area contributed by atoms with Crippen LogP contribution in [0.3, 0.4) is 0 Å². The predicted octanol–water partition coefficient (Wildman–Crippen LogP) is 8.48. The van der Waals surface area contributed by atoms with Crippen molar-refractivity contribution in [1.29, 1.82) is 0 Å². The molecule has 0 spiro atoms. The number of aldehydes is 1. The summed E-state index contributed by atoms with van der Waals surface area (Å²) in [5, 5.41) is 0. The molecule has 4 aliphatic rings. The zero-order valence-corrected chi connectivity index (χ0v) is 21.7. The first kappa shape index (κ1) is 23.6. The third-order valence-electron chi connectivity index (χ3n) is 11.9. The second-order valence-corrected chi connectivity index (χ2v) is 13.3. The summed E-state index contributed by atoms with van der Waals surface area (Å²) in [4.78, 5) is 11.7. The fraction of sp³-hybridized carbons (Fsp3) is 0.900. The summed E-state index contributed by atoms with van der Waals surface area (Å²) in [6, 6.07) is 0. The molecule has 0 heterocycles. The van der Waals surface area contributed by atoms with Gasteiger partial charge in [-0.2, -0.15) is 0 Å². The number of carbonyl (C=O) groups excluding carboxylic acids is 1. The Morgan fingerprint density at radius 1 is 1.00 bits per heavy atom. The van der Waals surface area contributed by atoms with Crippen molar-refractivity contribution >= 4 is 6.29 Å². The number of allylic oxidation sites excluding steroid dienone is 2. The molecule has 0 saturated heterocycles. The van der Waals surface area contributed by atoms with Crippen LogP contribution >= 0.6 is 0 Å². The summed E-state index contributed by atoms with van der Waals surface area (Å²) >= 11 is 0. The Morgan fingerprint density at radius 3 is 2.42 bits per heavy atom. The number of hydrogen-bond acceptors (Lipinski definition) is 1. The SMILES string of the molecule is CC1=C(C=O)CC2CCC3C(CC[C@@]4(C)C3CC[C@@H]4[C@H](C)CCCC(C)C)[C@@]2(C)C1C. The lowest BCUT2D eigenvalue weighted by atomic mass is 9.42. The lowest BCUT2D eigenvalue weighted by molar-refractivity contribution is -0.122. The van der Waals surface area contributed by atoms with Crippen molar-refractivity contribution in [3.63, 3.8) is 0 Å². The molecule has 0 amide bonds. The smallest absolute Gasteiger partial charge is 0.145 e. The molecular weight excluding hydrogens is 376 g/mol. The van der Waals surface area contributed by atoms with Gasteiger partial charge in [-0.25, -0.2) is 0 Å². The second kappa shape index (κ2) is 8.64. The van der Waals surface area contributed by atoms with Gasteiger partial charge < -0.3 is 0 Å². The molecule has 0 radical (unpaired) electrons. The Morgan fingerprint density at radius 2 is 1.74 bits per heavy atom. The van der Waals surface area contributed by atoms with Gasteiger partial charge in [0.1, 0.15) is 6.29 Å². The van der Waals surface area contributed by atoms with Crippen molar-refractivity contribution in [3.8, 4) is 0 Å². The van der Waals surface area contributed by atoms with Gasteiger partial charge in [-0.05, 0) is 116 Å². The van der Waals surface area contributed by atoms with Crippen LogP contribution in [0.1, 0.15) is 113 Å². The van der Waals surface area contributed by atoms with Gasteiger partial charge in [0.05, 0.1) is 0 Å². The summed E-state index contributed by atoms with van der Waals surface area (Å²) in [6.45, 7) is 17.4. The number of carbonyl (C=O) groups is 1. The summed E-state index contributed by atoms with van der Waals surface area (Å²) in [7, 11) is 0. The van der Waals surface area contributed by atoms with Crippen LogP contribution in [-0.2, 0) is 4.79 Å². The van der Waals surface area contributed by atoms with Crippen LogP contribution in [0.25, 0.3) is 0 Å². The lowest BCUT2D eigenvalue weighted by Gasteiger charge is -2.62. The third-order valence-corrected chi connectivity index (χ3v) is 11.9. The normalized spacial score (nSPS) is 45.8. The quantitative estimate of drug-likeness (QED) is 0.389. The monoisotopic (exact) mass is 426 g/mol. The highest BCUT2D eigenvalue weighted by molar-refractivity contribution is 5.75. The van der Waals surface area contributed by atoms with Crippen molar-refractivity contribution in [2.45, 2.75) is 113 Å². The van der Waals surface area contributed by atoms with Crippen molar-refractivity contribution in [2.75, 3.05) is 0 Å². The fourth-order valence-electron chi connectivity index (χ4n) is 9.80. The van der Waals surface area contributed by atoms with Gasteiger partial charge in [0.2, 0.25) is 0 Å². The molecule has 0 aromatic carbocycles. The first-order chi connectivity index (χ1) is 14.6. The maximum Gasteiger partial charge on any atom is 0.145 e. The van der Waals surface area contributed by atoms with E-state index >= 15 is 0 Å². The molecule has 0 aromatic heterocycles. The van der Waals surface area contributed by atoms with Crippen molar-refractivity contribution in [2.24, 2.45) is 58.2 Å². The van der Waals surface area contributed by atoms with Crippen LogP contribution in [0.2, 0.25) is 0 Å². The molecule has 5 unspecified atom stereocenters. The maximum atomic E-state index is 11.7. The van der Waals surface area contributed by atoms with Crippen LogP contribution < -0.4 is 0 Å². The fourth-order valence-corrected chi connectivity index (χ4v) is 9.80. The van der Waals surface area contributed by atoms with Gasteiger partial charge in [-0.3, -0.25) is 4.79 Å². The summed E-state index contributed by atoms with van der Waals surface area (Å²) < 4.78 is 0. The minimum Gasteiger partial charge on any atom is -0.298 e. The number of rotatable bonds is 6. The van der Waals surface area contributed by atoms with E-state index in [4.69, 9.17) is 0 Å². The zero-order chi connectivity index (χ0) is 22.6. The molecule has 176 valence electrons. The molecule has 9 atom stereocenters.